The molecule has 0 aliphatic rings. The van der Waals surface area contributed by atoms with Crippen LogP contribution in [0, 0.1) is 5.92 Å². The Labute approximate surface area is 124 Å². The zero-order valence-corrected chi connectivity index (χ0v) is 13.2. The number of hydrogen-bond donors (Lipinski definition) is 3. The number of hydrogen-bond acceptors (Lipinski definition) is 3. The number of amides is 2. The van der Waals surface area contributed by atoms with Crippen LogP contribution < -0.4 is 10.6 Å². The van der Waals surface area contributed by atoms with Gasteiger partial charge in [-0.2, -0.15) is 0 Å². The van der Waals surface area contributed by atoms with Gasteiger partial charge in [0.15, 0.2) is 0 Å². The molecule has 5 nitrogen and oxygen atoms in total. The molecule has 1 aromatic heterocycles. The second-order valence-corrected chi connectivity index (χ2v) is 6.39. The highest BCUT2D eigenvalue weighted by Gasteiger charge is 2.20. The van der Waals surface area contributed by atoms with Crippen LogP contribution in [0.4, 0.5) is 4.79 Å². The van der Waals surface area contributed by atoms with Crippen molar-refractivity contribution >= 4 is 39.3 Å². The molecule has 0 saturated carbocycles. The molecule has 0 saturated heterocycles. The van der Waals surface area contributed by atoms with Crippen molar-refractivity contribution < 1.29 is 14.7 Å². The first-order chi connectivity index (χ1) is 8.90. The molecule has 0 spiro atoms. The Hall–Kier alpha value is -1.08. The van der Waals surface area contributed by atoms with Crippen LogP contribution in [0.2, 0.25) is 0 Å². The van der Waals surface area contributed by atoms with E-state index >= 15 is 0 Å². The average molecular weight is 349 g/mol. The minimum absolute atomic E-state index is 0.202. The van der Waals surface area contributed by atoms with E-state index in [1.165, 1.54) is 11.3 Å². The Bertz CT molecular complexity index is 448. The molecule has 0 radical (unpaired) electrons. The summed E-state index contributed by atoms with van der Waals surface area (Å²) in [7, 11) is 0. The summed E-state index contributed by atoms with van der Waals surface area (Å²) >= 11 is 4.89. The first kappa shape index (κ1) is 16.0. The summed E-state index contributed by atoms with van der Waals surface area (Å²) in [5.74, 6) is -0.811. The van der Waals surface area contributed by atoms with Crippen molar-refractivity contribution in [3.8, 4) is 0 Å². The molecular weight excluding hydrogens is 332 g/mol. The molecule has 0 aliphatic carbocycles. The Morgan fingerprint density at radius 3 is 2.63 bits per heavy atom. The van der Waals surface area contributed by atoms with E-state index in [2.05, 4.69) is 26.6 Å². The summed E-state index contributed by atoms with van der Waals surface area (Å²) in [6.07, 6.45) is 0.408. The van der Waals surface area contributed by atoms with Gasteiger partial charge in [-0.25, -0.2) is 9.59 Å². The largest absolute Gasteiger partial charge is 0.480 e. The number of rotatable bonds is 6. The van der Waals surface area contributed by atoms with Crippen LogP contribution in [0.3, 0.4) is 0 Å². The summed E-state index contributed by atoms with van der Waals surface area (Å²) in [6, 6.07) is 0.582. The SMILES string of the molecule is CC(C)CC(NC(=O)NCc1sccc1Br)C(=O)O. The molecule has 0 fully saturated rings. The Kier molecular flexibility index (Phi) is 6.30. The Morgan fingerprint density at radius 1 is 1.47 bits per heavy atom. The molecule has 2 amide bonds. The van der Waals surface area contributed by atoms with Crippen molar-refractivity contribution in [3.05, 3.63) is 20.8 Å². The van der Waals surface area contributed by atoms with Gasteiger partial charge in [-0.05, 0) is 39.7 Å². The van der Waals surface area contributed by atoms with Crippen LogP contribution in [0.25, 0.3) is 0 Å². The van der Waals surface area contributed by atoms with E-state index in [9.17, 15) is 9.59 Å². The van der Waals surface area contributed by atoms with Crippen LogP contribution >= 0.6 is 27.3 Å². The minimum atomic E-state index is -1.01. The smallest absolute Gasteiger partial charge is 0.326 e. The van der Waals surface area contributed by atoms with Crippen molar-refractivity contribution in [1.29, 1.82) is 0 Å². The maximum Gasteiger partial charge on any atom is 0.326 e. The first-order valence-electron chi connectivity index (χ1n) is 5.89. The van der Waals surface area contributed by atoms with Gasteiger partial charge < -0.3 is 15.7 Å². The lowest BCUT2D eigenvalue weighted by molar-refractivity contribution is -0.139. The molecular formula is C12H17BrN2O3S. The van der Waals surface area contributed by atoms with Gasteiger partial charge in [0.2, 0.25) is 0 Å². The van der Waals surface area contributed by atoms with Crippen LogP contribution in [0.1, 0.15) is 25.1 Å². The molecule has 0 aromatic carbocycles. The molecule has 0 bridgehead atoms. The van der Waals surface area contributed by atoms with Gasteiger partial charge in [-0.15, -0.1) is 11.3 Å². The third-order valence-corrected chi connectivity index (χ3v) is 4.34. The highest BCUT2D eigenvalue weighted by molar-refractivity contribution is 9.10. The number of carbonyl (C=O) groups excluding carboxylic acids is 1. The van der Waals surface area contributed by atoms with Gasteiger partial charge >= 0.3 is 12.0 Å². The van der Waals surface area contributed by atoms with E-state index in [1.807, 2.05) is 25.3 Å². The summed E-state index contributed by atoms with van der Waals surface area (Å²) in [6.45, 7) is 4.20. The summed E-state index contributed by atoms with van der Waals surface area (Å²) in [4.78, 5) is 23.7. The van der Waals surface area contributed by atoms with Gasteiger partial charge in [0.1, 0.15) is 6.04 Å². The molecule has 1 atom stereocenters. The topological polar surface area (TPSA) is 78.4 Å². The lowest BCUT2D eigenvalue weighted by atomic mass is 10.0. The van der Waals surface area contributed by atoms with Gasteiger partial charge in [0.05, 0.1) is 6.54 Å². The number of carboxylic acid groups (broad SMARTS) is 1. The van der Waals surface area contributed by atoms with Crippen LogP contribution in [-0.2, 0) is 11.3 Å². The van der Waals surface area contributed by atoms with E-state index in [1.54, 1.807) is 0 Å². The predicted molar refractivity (Wildman–Crippen MR) is 78.3 cm³/mol. The Morgan fingerprint density at radius 2 is 2.16 bits per heavy atom. The van der Waals surface area contributed by atoms with E-state index in [-0.39, 0.29) is 5.92 Å². The molecule has 0 aliphatic heterocycles. The first-order valence-corrected chi connectivity index (χ1v) is 7.56. The fourth-order valence-corrected chi connectivity index (χ4v) is 2.95. The highest BCUT2D eigenvalue weighted by atomic mass is 79.9. The Balaban J connectivity index is 2.45. The fraction of sp³-hybridized carbons (Fsp3) is 0.500. The van der Waals surface area contributed by atoms with Gasteiger partial charge in [0.25, 0.3) is 0 Å². The predicted octanol–water partition coefficient (Wildman–Crippen LogP) is 2.81. The monoisotopic (exact) mass is 348 g/mol. The molecule has 1 unspecified atom stereocenters. The lowest BCUT2D eigenvalue weighted by Crippen LogP contribution is -2.46. The summed E-state index contributed by atoms with van der Waals surface area (Å²) in [5.41, 5.74) is 0. The summed E-state index contributed by atoms with van der Waals surface area (Å²) < 4.78 is 0.940. The lowest BCUT2D eigenvalue weighted by Gasteiger charge is -2.16. The van der Waals surface area contributed by atoms with Gasteiger partial charge in [-0.3, -0.25) is 0 Å². The van der Waals surface area contributed by atoms with Crippen LogP contribution in [0.5, 0.6) is 0 Å². The van der Waals surface area contributed by atoms with Crippen molar-refractivity contribution in [3.63, 3.8) is 0 Å². The second kappa shape index (κ2) is 7.49. The zero-order chi connectivity index (χ0) is 14.4. The number of thiophene rings is 1. The third-order valence-electron chi connectivity index (χ3n) is 2.41. The molecule has 1 rings (SSSR count). The third kappa shape index (κ3) is 5.61. The van der Waals surface area contributed by atoms with E-state index < -0.39 is 18.0 Å². The van der Waals surface area contributed by atoms with E-state index in [0.717, 1.165) is 9.35 Å². The van der Waals surface area contributed by atoms with Gasteiger partial charge in [0, 0.05) is 9.35 Å². The molecule has 7 heteroatoms. The van der Waals surface area contributed by atoms with Crippen molar-refractivity contribution in [2.45, 2.75) is 32.9 Å². The van der Waals surface area contributed by atoms with E-state index in [0.29, 0.717) is 13.0 Å². The molecule has 106 valence electrons. The van der Waals surface area contributed by atoms with Crippen molar-refractivity contribution in [1.82, 2.24) is 10.6 Å². The minimum Gasteiger partial charge on any atom is -0.480 e. The molecule has 1 aromatic rings. The number of halogens is 1. The maximum absolute atomic E-state index is 11.6. The fourth-order valence-electron chi connectivity index (χ4n) is 1.51. The molecule has 1 heterocycles. The number of carboxylic acids is 1. The highest BCUT2D eigenvalue weighted by Crippen LogP contribution is 2.22. The van der Waals surface area contributed by atoms with Crippen molar-refractivity contribution in [2.24, 2.45) is 5.92 Å². The number of urea groups is 1. The normalized spacial score (nSPS) is 12.2. The quantitative estimate of drug-likeness (QED) is 0.739. The van der Waals surface area contributed by atoms with Crippen molar-refractivity contribution in [2.75, 3.05) is 0 Å². The number of nitrogens with one attached hydrogen (secondary N) is 2. The molecule has 19 heavy (non-hydrogen) atoms. The summed E-state index contributed by atoms with van der Waals surface area (Å²) in [5, 5.41) is 16.1. The van der Waals surface area contributed by atoms with Crippen LogP contribution in [-0.4, -0.2) is 23.1 Å². The molecule has 3 N–H and O–H groups in total. The zero-order valence-electron chi connectivity index (χ0n) is 10.8. The van der Waals surface area contributed by atoms with Crippen LogP contribution in [0.15, 0.2) is 15.9 Å². The number of carbonyl (C=O) groups is 2. The maximum atomic E-state index is 11.6. The van der Waals surface area contributed by atoms with Gasteiger partial charge in [-0.1, -0.05) is 13.8 Å². The second-order valence-electron chi connectivity index (χ2n) is 4.54. The number of aliphatic carboxylic acids is 1. The average Bonchev–Trinajstić information content (AvgIpc) is 2.70. The van der Waals surface area contributed by atoms with E-state index in [4.69, 9.17) is 5.11 Å². The standard InChI is InChI=1S/C12H17BrN2O3S/c1-7(2)5-9(11(16)17)15-12(18)14-6-10-8(13)3-4-19-10/h3-4,7,9H,5-6H2,1-2H3,(H,16,17)(H2,14,15,18).